The Morgan fingerprint density at radius 1 is 1.16 bits per heavy atom. The molecule has 170 valence electrons. The van der Waals surface area contributed by atoms with E-state index in [-0.39, 0.29) is 21.4 Å². The molecule has 8 heteroatoms. The molecule has 1 fully saturated rings. The van der Waals surface area contributed by atoms with Gasteiger partial charge in [0.1, 0.15) is 11.4 Å². The SMILES string of the molecule is CCCn1c(=O)sc2cc(S(=O)(=O)N[C@H]3CC4(CCCCC4)Oc4ccccc43)ccc21. The maximum Gasteiger partial charge on any atom is 0.308 e. The molecule has 1 atom stereocenters. The Kier molecular flexibility index (Phi) is 5.63. The molecule has 5 rings (SSSR count). The van der Waals surface area contributed by atoms with Crippen molar-refractivity contribution in [1.82, 2.24) is 9.29 Å². The molecule has 3 aromatic rings. The van der Waals surface area contributed by atoms with Crippen molar-refractivity contribution in [2.45, 2.75) is 75.0 Å². The maximum atomic E-state index is 13.4. The normalized spacial score (nSPS) is 20.2. The van der Waals surface area contributed by atoms with E-state index in [4.69, 9.17) is 4.74 Å². The van der Waals surface area contributed by atoms with Crippen molar-refractivity contribution in [3.63, 3.8) is 0 Å². The number of thiazole rings is 1. The van der Waals surface area contributed by atoms with Gasteiger partial charge in [-0.15, -0.1) is 0 Å². The van der Waals surface area contributed by atoms with Crippen LogP contribution in [-0.2, 0) is 16.6 Å². The molecular weight excluding hydrogens is 444 g/mol. The van der Waals surface area contributed by atoms with Gasteiger partial charge in [-0.05, 0) is 56.4 Å². The monoisotopic (exact) mass is 472 g/mol. The molecule has 1 N–H and O–H groups in total. The Balaban J connectivity index is 1.49. The van der Waals surface area contributed by atoms with Gasteiger partial charge in [0, 0.05) is 18.5 Å². The second kappa shape index (κ2) is 8.32. The zero-order chi connectivity index (χ0) is 22.3. The van der Waals surface area contributed by atoms with Crippen molar-refractivity contribution in [1.29, 1.82) is 0 Å². The van der Waals surface area contributed by atoms with Crippen molar-refractivity contribution >= 4 is 31.6 Å². The summed E-state index contributed by atoms with van der Waals surface area (Å²) >= 11 is 1.10. The molecule has 0 radical (unpaired) electrons. The predicted molar refractivity (Wildman–Crippen MR) is 127 cm³/mol. The lowest BCUT2D eigenvalue weighted by Crippen LogP contribution is -2.46. The highest BCUT2D eigenvalue weighted by molar-refractivity contribution is 7.89. The summed E-state index contributed by atoms with van der Waals surface area (Å²) in [6.07, 6.45) is 6.78. The van der Waals surface area contributed by atoms with Crippen LogP contribution >= 0.6 is 11.3 Å². The zero-order valence-electron chi connectivity index (χ0n) is 18.2. The quantitative estimate of drug-likeness (QED) is 0.568. The molecule has 1 aliphatic carbocycles. The second-order valence-corrected chi connectivity index (χ2v) is 11.6. The highest BCUT2D eigenvalue weighted by atomic mass is 32.2. The number of aryl methyl sites for hydroxylation is 1. The van der Waals surface area contributed by atoms with Crippen LogP contribution in [0.25, 0.3) is 10.2 Å². The van der Waals surface area contributed by atoms with E-state index in [0.717, 1.165) is 60.3 Å². The molecular formula is C24H28N2O4S2. The number of hydrogen-bond donors (Lipinski definition) is 1. The fraction of sp³-hybridized carbons (Fsp3) is 0.458. The van der Waals surface area contributed by atoms with Gasteiger partial charge in [0.15, 0.2) is 0 Å². The number of sulfonamides is 1. The van der Waals surface area contributed by atoms with Gasteiger partial charge in [-0.25, -0.2) is 13.1 Å². The summed E-state index contributed by atoms with van der Waals surface area (Å²) in [6.45, 7) is 2.65. The number of rotatable bonds is 5. The van der Waals surface area contributed by atoms with E-state index in [9.17, 15) is 13.2 Å². The van der Waals surface area contributed by atoms with Crippen molar-refractivity contribution in [2.24, 2.45) is 0 Å². The van der Waals surface area contributed by atoms with Gasteiger partial charge in [-0.3, -0.25) is 9.36 Å². The van der Waals surface area contributed by atoms with Crippen LogP contribution in [0.2, 0.25) is 0 Å². The van der Waals surface area contributed by atoms with E-state index in [1.54, 1.807) is 22.8 Å². The summed E-state index contributed by atoms with van der Waals surface area (Å²) in [4.78, 5) is 12.5. The third kappa shape index (κ3) is 3.89. The third-order valence-electron chi connectivity index (χ3n) is 6.66. The first kappa shape index (κ1) is 21.7. The Hall–Kier alpha value is -2.16. The third-order valence-corrected chi connectivity index (χ3v) is 9.07. The number of ether oxygens (including phenoxy) is 1. The van der Waals surface area contributed by atoms with E-state index in [2.05, 4.69) is 4.72 Å². The first-order chi connectivity index (χ1) is 15.4. The lowest BCUT2D eigenvalue weighted by Gasteiger charge is -2.44. The summed E-state index contributed by atoms with van der Waals surface area (Å²) in [6, 6.07) is 12.4. The number of aromatic nitrogens is 1. The molecule has 6 nitrogen and oxygen atoms in total. The largest absolute Gasteiger partial charge is 0.487 e. The van der Waals surface area contributed by atoms with E-state index in [1.807, 2.05) is 31.2 Å². The molecule has 1 spiro atoms. The van der Waals surface area contributed by atoms with Crippen molar-refractivity contribution in [3.05, 3.63) is 57.7 Å². The maximum absolute atomic E-state index is 13.4. The first-order valence-electron chi connectivity index (χ1n) is 11.3. The summed E-state index contributed by atoms with van der Waals surface area (Å²) in [5, 5.41) is 0. The predicted octanol–water partition coefficient (Wildman–Crippen LogP) is 4.98. The molecule has 0 saturated heterocycles. The molecule has 0 bridgehead atoms. The Morgan fingerprint density at radius 3 is 2.72 bits per heavy atom. The molecule has 1 aromatic heterocycles. The fourth-order valence-corrected chi connectivity index (χ4v) is 7.40. The topological polar surface area (TPSA) is 77.4 Å². The van der Waals surface area contributed by atoms with Gasteiger partial charge in [0.25, 0.3) is 0 Å². The average molecular weight is 473 g/mol. The minimum atomic E-state index is -3.78. The van der Waals surface area contributed by atoms with Crippen LogP contribution in [0.15, 0.2) is 52.2 Å². The summed E-state index contributed by atoms with van der Waals surface area (Å²) in [7, 11) is -3.78. The smallest absolute Gasteiger partial charge is 0.308 e. The van der Waals surface area contributed by atoms with E-state index in [0.29, 0.717) is 17.7 Å². The van der Waals surface area contributed by atoms with Gasteiger partial charge in [-0.2, -0.15) is 0 Å². The number of nitrogens with zero attached hydrogens (tertiary/aromatic N) is 1. The Morgan fingerprint density at radius 2 is 1.94 bits per heavy atom. The van der Waals surface area contributed by atoms with Crippen LogP contribution in [0.1, 0.15) is 63.5 Å². The number of fused-ring (bicyclic) bond motifs is 2. The first-order valence-corrected chi connectivity index (χ1v) is 13.6. The summed E-state index contributed by atoms with van der Waals surface area (Å²) < 4.78 is 38.6. The average Bonchev–Trinajstić information content (AvgIpc) is 3.09. The highest BCUT2D eigenvalue weighted by Gasteiger charge is 2.42. The molecule has 1 aliphatic heterocycles. The molecule has 1 saturated carbocycles. The van der Waals surface area contributed by atoms with Crippen LogP contribution in [-0.4, -0.2) is 18.6 Å². The van der Waals surface area contributed by atoms with Gasteiger partial charge >= 0.3 is 4.87 Å². The van der Waals surface area contributed by atoms with Gasteiger partial charge < -0.3 is 4.74 Å². The fourth-order valence-electron chi connectivity index (χ4n) is 5.13. The van der Waals surface area contributed by atoms with Crippen LogP contribution in [0.3, 0.4) is 0 Å². The Bertz CT molecular complexity index is 1300. The van der Waals surface area contributed by atoms with Crippen LogP contribution in [0, 0.1) is 0 Å². The number of hydrogen-bond acceptors (Lipinski definition) is 5. The van der Waals surface area contributed by atoms with E-state index >= 15 is 0 Å². The highest BCUT2D eigenvalue weighted by Crippen LogP contribution is 2.46. The summed E-state index contributed by atoms with van der Waals surface area (Å²) in [5.41, 5.74) is 1.37. The minimum absolute atomic E-state index is 0.0537. The molecule has 0 amide bonds. The van der Waals surface area contributed by atoms with Gasteiger partial charge in [0.2, 0.25) is 10.0 Å². The van der Waals surface area contributed by atoms with Crippen molar-refractivity contribution < 1.29 is 13.2 Å². The van der Waals surface area contributed by atoms with Gasteiger partial charge in [-0.1, -0.05) is 42.9 Å². The van der Waals surface area contributed by atoms with Crippen LogP contribution in [0.5, 0.6) is 5.75 Å². The minimum Gasteiger partial charge on any atom is -0.487 e. The molecule has 32 heavy (non-hydrogen) atoms. The number of para-hydroxylation sites is 1. The standard InChI is InChI=1S/C24H28N2O4S2/c1-2-14-26-20-11-10-17(15-22(20)31-23(26)27)32(28,29)25-19-16-24(12-6-3-7-13-24)30-21-9-5-4-8-18(19)21/h4-5,8-11,15,19,25H,2-3,6-7,12-14,16H2,1H3/t19-/m0/s1. The lowest BCUT2D eigenvalue weighted by atomic mass is 9.77. The zero-order valence-corrected chi connectivity index (χ0v) is 19.8. The summed E-state index contributed by atoms with van der Waals surface area (Å²) in [5.74, 6) is 0.777. The van der Waals surface area contributed by atoms with Crippen LogP contribution < -0.4 is 14.3 Å². The number of benzene rings is 2. The van der Waals surface area contributed by atoms with Gasteiger partial charge in [0.05, 0.1) is 21.2 Å². The molecule has 2 aliphatic rings. The molecule has 0 unspecified atom stereocenters. The van der Waals surface area contributed by atoms with E-state index in [1.165, 1.54) is 6.42 Å². The second-order valence-electron chi connectivity index (χ2n) is 8.91. The molecule has 2 aromatic carbocycles. The van der Waals surface area contributed by atoms with Crippen molar-refractivity contribution in [2.75, 3.05) is 0 Å². The molecule has 2 heterocycles. The number of nitrogens with one attached hydrogen (secondary N) is 1. The van der Waals surface area contributed by atoms with Crippen molar-refractivity contribution in [3.8, 4) is 5.75 Å². The van der Waals surface area contributed by atoms with E-state index < -0.39 is 10.0 Å². The van der Waals surface area contributed by atoms with Crippen LogP contribution in [0.4, 0.5) is 0 Å². The lowest BCUT2D eigenvalue weighted by molar-refractivity contribution is 0.0000754. The Labute approximate surface area is 192 Å².